The van der Waals surface area contributed by atoms with E-state index in [2.05, 4.69) is 103 Å². The fourth-order valence-electron chi connectivity index (χ4n) is 17.1. The highest BCUT2D eigenvalue weighted by Crippen LogP contribution is 2.76. The van der Waals surface area contributed by atoms with Crippen molar-refractivity contribution in [3.05, 3.63) is 11.6 Å². The van der Waals surface area contributed by atoms with Crippen LogP contribution in [0.5, 0.6) is 0 Å². The molecule has 12 nitrogen and oxygen atoms in total. The predicted molar refractivity (Wildman–Crippen MR) is 262 cm³/mol. The smallest absolute Gasteiger partial charge is 0.333 e. The fraction of sp³-hybridized carbons (Fsp3) is 0.912. The minimum Gasteiger partial charge on any atom is -0.481 e. The Hall–Kier alpha value is -1.93. The van der Waals surface area contributed by atoms with Crippen molar-refractivity contribution >= 4 is 18.2 Å². The second kappa shape index (κ2) is 18.8. The molecule has 3 heterocycles. The monoisotopic (exact) mass is 969 g/mol. The number of carboxylic acids is 2. The summed E-state index contributed by atoms with van der Waals surface area (Å²) in [5.41, 5.74) is -1.32. The first-order valence-electron chi connectivity index (χ1n) is 27.3. The first-order chi connectivity index (χ1) is 32.2. The molecule has 25 atom stereocenters. The van der Waals surface area contributed by atoms with E-state index in [0.29, 0.717) is 31.1 Å². The molecule has 0 aromatic heterocycles. The minimum atomic E-state index is -1.27. The molecule has 69 heavy (non-hydrogen) atoms. The number of fused-ring (bicyclic) bond motifs is 7. The van der Waals surface area contributed by atoms with Crippen LogP contribution in [0.15, 0.2) is 11.6 Å². The molecule has 4 saturated carbocycles. The Morgan fingerprint density at radius 3 is 1.94 bits per heavy atom. The maximum absolute atomic E-state index is 14.1. The molecule has 0 aromatic carbocycles. The van der Waals surface area contributed by atoms with Gasteiger partial charge in [0.25, 0.3) is 0 Å². The molecule has 3 aliphatic heterocycles. The number of carbonyl (C=O) groups excluding carboxylic acids is 1. The second-order valence-electron chi connectivity index (χ2n) is 26.3. The predicted octanol–water partition coefficient (Wildman–Crippen LogP) is 11.0. The van der Waals surface area contributed by atoms with Crippen LogP contribution in [0.25, 0.3) is 0 Å². The van der Waals surface area contributed by atoms with Gasteiger partial charge in [0, 0.05) is 24.9 Å². The molecule has 5 aliphatic carbocycles. The van der Waals surface area contributed by atoms with Gasteiger partial charge < -0.3 is 48.2 Å². The number of allylic oxidation sites excluding steroid dienone is 2. The number of methoxy groups -OCH3 is 1. The summed E-state index contributed by atoms with van der Waals surface area (Å²) in [6.07, 6.45) is 4.65. The molecule has 0 bridgehead atoms. The van der Waals surface area contributed by atoms with E-state index in [-0.39, 0.29) is 75.3 Å². The number of carboxylic acid groups (broad SMARTS) is 2. The first kappa shape index (κ1) is 53.4. The van der Waals surface area contributed by atoms with Crippen LogP contribution in [0.4, 0.5) is 0 Å². The maximum atomic E-state index is 14.1. The lowest BCUT2D eigenvalue weighted by Gasteiger charge is -2.71. The van der Waals surface area contributed by atoms with E-state index < -0.39 is 78.1 Å². The third kappa shape index (κ3) is 8.18. The van der Waals surface area contributed by atoms with Crippen molar-refractivity contribution in [2.75, 3.05) is 7.11 Å². The van der Waals surface area contributed by atoms with Crippen molar-refractivity contribution in [1.29, 1.82) is 0 Å². The zero-order valence-electron chi connectivity index (χ0n) is 45.2. The van der Waals surface area contributed by atoms with Crippen molar-refractivity contribution in [2.24, 2.45) is 91.7 Å². The Balaban J connectivity index is 1.14. The molecular formula is C57H92O12. The molecular weight excluding hydrogens is 877 g/mol. The maximum Gasteiger partial charge on any atom is 0.333 e. The van der Waals surface area contributed by atoms with E-state index in [9.17, 15) is 24.6 Å². The Labute approximate surface area is 414 Å². The van der Waals surface area contributed by atoms with Crippen LogP contribution in [0, 0.1) is 91.7 Å². The third-order valence-corrected chi connectivity index (χ3v) is 22.8. The number of hydrogen-bond donors (Lipinski definition) is 2. The molecule has 392 valence electrons. The molecule has 8 aliphatic rings. The lowest BCUT2D eigenvalue weighted by Crippen LogP contribution is -2.68. The van der Waals surface area contributed by atoms with E-state index in [0.717, 1.165) is 51.2 Å². The van der Waals surface area contributed by atoms with Crippen LogP contribution in [0.3, 0.4) is 0 Å². The molecule has 0 aromatic rings. The quantitative estimate of drug-likeness (QED) is 0.115. The summed E-state index contributed by atoms with van der Waals surface area (Å²) in [6.45, 7) is 33.2. The molecule has 2 N–H and O–H groups in total. The number of rotatable bonds is 11. The Morgan fingerprint density at radius 2 is 1.33 bits per heavy atom. The Morgan fingerprint density at radius 1 is 0.696 bits per heavy atom. The van der Waals surface area contributed by atoms with Crippen molar-refractivity contribution in [3.8, 4) is 0 Å². The first-order valence-corrected chi connectivity index (χ1v) is 27.3. The second-order valence-corrected chi connectivity index (χ2v) is 26.3. The van der Waals surface area contributed by atoms with Gasteiger partial charge in [0.15, 0.2) is 25.0 Å². The molecule has 8 rings (SSSR count). The number of aliphatic carboxylic acids is 2. The van der Waals surface area contributed by atoms with Crippen molar-refractivity contribution in [2.45, 2.75) is 230 Å². The summed E-state index contributed by atoms with van der Waals surface area (Å²) in [5.74, 6) is -1.20. The van der Waals surface area contributed by atoms with Crippen molar-refractivity contribution < 1.29 is 57.8 Å². The van der Waals surface area contributed by atoms with Gasteiger partial charge in [0.1, 0.15) is 17.8 Å². The van der Waals surface area contributed by atoms with Crippen molar-refractivity contribution in [3.63, 3.8) is 0 Å². The van der Waals surface area contributed by atoms with E-state index in [4.69, 9.17) is 33.2 Å². The number of carbonyl (C=O) groups is 3. The molecule has 12 heteroatoms. The van der Waals surface area contributed by atoms with Crippen molar-refractivity contribution in [1.82, 2.24) is 0 Å². The summed E-state index contributed by atoms with van der Waals surface area (Å²) in [4.78, 5) is 40.9. The normalized spacial score (nSPS) is 53.9. The van der Waals surface area contributed by atoms with Crippen LogP contribution < -0.4 is 0 Å². The van der Waals surface area contributed by atoms with Crippen LogP contribution >= 0.6 is 0 Å². The topological polar surface area (TPSA) is 156 Å². The van der Waals surface area contributed by atoms with Crippen LogP contribution in [0.1, 0.15) is 168 Å². The average molecular weight is 969 g/mol. The Kier molecular flexibility index (Phi) is 14.5. The summed E-state index contributed by atoms with van der Waals surface area (Å²) >= 11 is 0. The zero-order chi connectivity index (χ0) is 50.7. The summed E-state index contributed by atoms with van der Waals surface area (Å²) in [5, 5.41) is 21.9. The Bertz CT molecular complexity index is 1950. The highest BCUT2D eigenvalue weighted by atomic mass is 16.8. The fourth-order valence-corrected chi connectivity index (χ4v) is 17.1. The highest BCUT2D eigenvalue weighted by molar-refractivity contribution is 5.78. The van der Waals surface area contributed by atoms with Gasteiger partial charge in [-0.1, -0.05) is 109 Å². The van der Waals surface area contributed by atoms with Gasteiger partial charge in [0.2, 0.25) is 0 Å². The molecule has 7 fully saturated rings. The standard InChI is InChI=1S/C57H92O12/c1-17-39-32(5)30(3)34(7)49(65-39)69-46-44(67-48-33(6)29(2)31(4)36(9)64-48)35(8)45(47(59)60)68-50(46)66-42-21-22-53(12)40(54(42,13)28-58)20-23-55(14)41(53)19-18-37-38-26-52(10,11)24-25-57(38,51(61)62)43(63-16)27-56(37,55)15/h18,28-36,38-46,48-50H,17,19-27H2,1-16H3,(H,59,60)(H,61,62)/t29?,30-,31+,32+,33?,34?,35-,36-,38?,39?,40+,41?,42-,43?,44-,45?,46?,48-,49-,50+,53?,54+,55-,56+,57+/m0/s1. The lowest BCUT2D eigenvalue weighted by molar-refractivity contribution is -0.377. The van der Waals surface area contributed by atoms with Gasteiger partial charge in [0.05, 0.1) is 35.9 Å². The van der Waals surface area contributed by atoms with Gasteiger partial charge in [-0.2, -0.15) is 0 Å². The molecule has 10 unspecified atom stereocenters. The number of aldehydes is 1. The van der Waals surface area contributed by atoms with Crippen LogP contribution in [-0.4, -0.2) is 97.1 Å². The number of ether oxygens (including phenoxy) is 7. The summed E-state index contributed by atoms with van der Waals surface area (Å²) in [6, 6.07) is 0. The molecule has 0 radical (unpaired) electrons. The minimum absolute atomic E-state index is 0.00919. The SMILES string of the molecule is CCC1O[C@@H](OC2[C@H](O[C@H]3CCC4(C)C5CC=C6C7CC(C)(C)CC[C@]7(C(=O)O)C(OC)C[C@@]6(C)[C@@]5(C)CC[C@H]4[C@@]3(C)C=O)OC(C(=O)O)[C@@H](C)[C@@H]2O[C@@H]2O[C@@H](C)[C@H](C)C(C)C2C)C(C)[C@@H](C)[C@H]1C. The number of hydrogen-bond acceptors (Lipinski definition) is 10. The largest absolute Gasteiger partial charge is 0.481 e. The van der Waals surface area contributed by atoms with Crippen LogP contribution in [-0.2, 0) is 47.5 Å². The summed E-state index contributed by atoms with van der Waals surface area (Å²) in [7, 11) is 1.71. The molecule has 0 amide bonds. The van der Waals surface area contributed by atoms with Gasteiger partial charge in [-0.15, -0.1) is 0 Å². The lowest BCUT2D eigenvalue weighted by atomic mass is 9.33. The molecule has 3 saturated heterocycles. The molecule has 0 spiro atoms. The van der Waals surface area contributed by atoms with Gasteiger partial charge >= 0.3 is 11.9 Å². The van der Waals surface area contributed by atoms with Gasteiger partial charge in [-0.3, -0.25) is 4.79 Å². The van der Waals surface area contributed by atoms with Gasteiger partial charge in [-0.05, 0) is 134 Å². The average Bonchev–Trinajstić information content (AvgIpc) is 3.29. The third-order valence-electron chi connectivity index (χ3n) is 22.8. The van der Waals surface area contributed by atoms with E-state index in [1.54, 1.807) is 7.11 Å². The van der Waals surface area contributed by atoms with Crippen LogP contribution in [0.2, 0.25) is 0 Å². The van der Waals surface area contributed by atoms with E-state index in [1.165, 1.54) is 5.57 Å². The van der Waals surface area contributed by atoms with Gasteiger partial charge in [-0.25, -0.2) is 4.79 Å². The zero-order valence-corrected chi connectivity index (χ0v) is 45.2. The van der Waals surface area contributed by atoms with E-state index in [1.807, 2.05) is 6.92 Å². The van der Waals surface area contributed by atoms with E-state index >= 15 is 0 Å². The summed E-state index contributed by atoms with van der Waals surface area (Å²) < 4.78 is 47.9. The highest BCUT2D eigenvalue weighted by Gasteiger charge is 2.72.